The molecule has 1 aromatic heterocycles. The molecule has 1 aromatic rings. The molecule has 1 saturated carbocycles. The second-order valence-electron chi connectivity index (χ2n) is 3.34. The van der Waals surface area contributed by atoms with E-state index in [1.54, 1.807) is 11.3 Å². The first-order valence-corrected chi connectivity index (χ1v) is 5.15. The molecular weight excluding hydrogens is 170 g/mol. The summed E-state index contributed by atoms with van der Waals surface area (Å²) < 4.78 is 0. The van der Waals surface area contributed by atoms with Gasteiger partial charge in [-0.2, -0.15) is 0 Å². The smallest absolute Gasteiger partial charge is 0.131 e. The van der Waals surface area contributed by atoms with E-state index in [1.807, 2.05) is 0 Å². The SMILES string of the molecule is CCC1(c2nnc(CN)s2)CC1. The van der Waals surface area contributed by atoms with Crippen molar-refractivity contribution in [3.05, 3.63) is 10.0 Å². The Balaban J connectivity index is 2.23. The van der Waals surface area contributed by atoms with Crippen molar-refractivity contribution < 1.29 is 0 Å². The van der Waals surface area contributed by atoms with Crippen molar-refractivity contribution in [2.45, 2.75) is 38.1 Å². The molecule has 3 nitrogen and oxygen atoms in total. The average molecular weight is 183 g/mol. The molecule has 2 N–H and O–H groups in total. The zero-order chi connectivity index (χ0) is 8.60. The normalized spacial score (nSPS) is 19.5. The van der Waals surface area contributed by atoms with E-state index < -0.39 is 0 Å². The lowest BCUT2D eigenvalue weighted by molar-refractivity contribution is 0.648. The zero-order valence-corrected chi connectivity index (χ0v) is 8.02. The highest BCUT2D eigenvalue weighted by molar-refractivity contribution is 7.11. The Kier molecular flexibility index (Phi) is 1.88. The van der Waals surface area contributed by atoms with Crippen LogP contribution in [0.5, 0.6) is 0 Å². The first-order valence-electron chi connectivity index (χ1n) is 4.34. The molecule has 1 heterocycles. The highest BCUT2D eigenvalue weighted by Crippen LogP contribution is 2.51. The van der Waals surface area contributed by atoms with Crippen LogP contribution in [0.2, 0.25) is 0 Å². The largest absolute Gasteiger partial charge is 0.324 e. The second-order valence-corrected chi connectivity index (χ2v) is 4.40. The topological polar surface area (TPSA) is 51.8 Å². The van der Waals surface area contributed by atoms with Gasteiger partial charge in [0.2, 0.25) is 0 Å². The number of nitrogens with two attached hydrogens (primary N) is 1. The summed E-state index contributed by atoms with van der Waals surface area (Å²) in [6.45, 7) is 2.74. The maximum atomic E-state index is 5.48. The van der Waals surface area contributed by atoms with Crippen LogP contribution in [0.1, 0.15) is 36.2 Å². The minimum absolute atomic E-state index is 0.394. The monoisotopic (exact) mass is 183 g/mol. The van der Waals surface area contributed by atoms with Crippen molar-refractivity contribution in [1.29, 1.82) is 0 Å². The van der Waals surface area contributed by atoms with Gasteiger partial charge in [-0.15, -0.1) is 10.2 Å². The molecule has 66 valence electrons. The van der Waals surface area contributed by atoms with Gasteiger partial charge in [0.25, 0.3) is 0 Å². The van der Waals surface area contributed by atoms with Gasteiger partial charge in [0.15, 0.2) is 0 Å². The number of hydrogen-bond acceptors (Lipinski definition) is 4. The van der Waals surface area contributed by atoms with Gasteiger partial charge in [0.1, 0.15) is 10.0 Å². The van der Waals surface area contributed by atoms with Crippen molar-refractivity contribution in [2.75, 3.05) is 0 Å². The molecule has 0 saturated heterocycles. The van der Waals surface area contributed by atoms with Crippen LogP contribution in [-0.2, 0) is 12.0 Å². The third-order valence-corrected chi connectivity index (χ3v) is 3.82. The van der Waals surface area contributed by atoms with Crippen LogP contribution in [0.3, 0.4) is 0 Å². The number of hydrogen-bond donors (Lipinski definition) is 1. The zero-order valence-electron chi connectivity index (χ0n) is 7.21. The molecule has 0 aromatic carbocycles. The minimum atomic E-state index is 0.394. The predicted molar refractivity (Wildman–Crippen MR) is 49.0 cm³/mol. The maximum absolute atomic E-state index is 5.48. The summed E-state index contributed by atoms with van der Waals surface area (Å²) in [7, 11) is 0. The predicted octanol–water partition coefficient (Wildman–Crippen LogP) is 1.44. The Morgan fingerprint density at radius 2 is 2.25 bits per heavy atom. The number of nitrogens with zero attached hydrogens (tertiary/aromatic N) is 2. The van der Waals surface area contributed by atoms with E-state index in [2.05, 4.69) is 17.1 Å². The molecule has 1 aliphatic carbocycles. The molecule has 0 atom stereocenters. The van der Waals surface area contributed by atoms with E-state index in [0.717, 1.165) is 5.01 Å². The van der Waals surface area contributed by atoms with Crippen LogP contribution in [-0.4, -0.2) is 10.2 Å². The lowest BCUT2D eigenvalue weighted by Crippen LogP contribution is -2.02. The Morgan fingerprint density at radius 3 is 2.67 bits per heavy atom. The van der Waals surface area contributed by atoms with Crippen LogP contribution < -0.4 is 5.73 Å². The molecule has 4 heteroatoms. The molecular formula is C8H13N3S. The molecule has 0 aliphatic heterocycles. The van der Waals surface area contributed by atoms with Gasteiger partial charge in [0.05, 0.1) is 0 Å². The Morgan fingerprint density at radius 1 is 1.50 bits per heavy atom. The fourth-order valence-corrected chi connectivity index (χ4v) is 2.45. The van der Waals surface area contributed by atoms with Crippen LogP contribution >= 0.6 is 11.3 Å². The van der Waals surface area contributed by atoms with Crippen molar-refractivity contribution in [2.24, 2.45) is 5.73 Å². The molecule has 0 spiro atoms. The van der Waals surface area contributed by atoms with E-state index in [9.17, 15) is 0 Å². The van der Waals surface area contributed by atoms with E-state index in [0.29, 0.717) is 12.0 Å². The maximum Gasteiger partial charge on any atom is 0.131 e. The van der Waals surface area contributed by atoms with Crippen molar-refractivity contribution in [1.82, 2.24) is 10.2 Å². The highest BCUT2D eigenvalue weighted by atomic mass is 32.1. The molecule has 0 radical (unpaired) electrons. The van der Waals surface area contributed by atoms with Crippen molar-refractivity contribution >= 4 is 11.3 Å². The molecule has 2 rings (SSSR count). The molecule has 12 heavy (non-hydrogen) atoms. The fourth-order valence-electron chi connectivity index (χ4n) is 1.42. The van der Waals surface area contributed by atoms with E-state index in [-0.39, 0.29) is 0 Å². The Bertz CT molecular complexity index is 278. The quantitative estimate of drug-likeness (QED) is 0.771. The van der Waals surface area contributed by atoms with Gasteiger partial charge in [-0.1, -0.05) is 18.3 Å². The summed E-state index contributed by atoms with van der Waals surface area (Å²) in [4.78, 5) is 0. The lowest BCUT2D eigenvalue weighted by Gasteiger charge is -2.04. The van der Waals surface area contributed by atoms with Gasteiger partial charge in [-0.3, -0.25) is 0 Å². The molecule has 0 bridgehead atoms. The summed E-state index contributed by atoms with van der Waals surface area (Å²) in [5.74, 6) is 0. The van der Waals surface area contributed by atoms with Crippen LogP contribution in [0.4, 0.5) is 0 Å². The first kappa shape index (κ1) is 8.13. The summed E-state index contributed by atoms with van der Waals surface area (Å²) in [6, 6.07) is 0. The van der Waals surface area contributed by atoms with Gasteiger partial charge in [-0.25, -0.2) is 0 Å². The fraction of sp³-hybridized carbons (Fsp3) is 0.750. The summed E-state index contributed by atoms with van der Waals surface area (Å²) in [5.41, 5.74) is 5.87. The first-order chi connectivity index (χ1) is 5.80. The summed E-state index contributed by atoms with van der Waals surface area (Å²) in [6.07, 6.45) is 3.75. The van der Waals surface area contributed by atoms with Gasteiger partial charge in [0, 0.05) is 12.0 Å². The summed E-state index contributed by atoms with van der Waals surface area (Å²) >= 11 is 1.68. The third kappa shape index (κ3) is 1.15. The number of rotatable bonds is 3. The minimum Gasteiger partial charge on any atom is -0.324 e. The lowest BCUT2D eigenvalue weighted by atomic mass is 10.1. The third-order valence-electron chi connectivity index (χ3n) is 2.63. The van der Waals surface area contributed by atoms with Gasteiger partial charge < -0.3 is 5.73 Å². The van der Waals surface area contributed by atoms with Crippen molar-refractivity contribution in [3.8, 4) is 0 Å². The second kappa shape index (κ2) is 2.78. The van der Waals surface area contributed by atoms with Crippen LogP contribution in [0, 0.1) is 0 Å². The van der Waals surface area contributed by atoms with E-state index >= 15 is 0 Å². The molecule has 0 amide bonds. The average Bonchev–Trinajstić information content (AvgIpc) is 2.77. The molecule has 1 aliphatic rings. The molecule has 0 unspecified atom stereocenters. The number of aromatic nitrogens is 2. The summed E-state index contributed by atoms with van der Waals surface area (Å²) in [5, 5.41) is 10.4. The van der Waals surface area contributed by atoms with Crippen LogP contribution in [0.15, 0.2) is 0 Å². The Labute approximate surface area is 76.0 Å². The Hall–Kier alpha value is -0.480. The molecule has 1 fully saturated rings. The standard InChI is InChI=1S/C8H13N3S/c1-2-8(3-4-8)7-11-10-6(5-9)12-7/h2-5,9H2,1H3. The van der Waals surface area contributed by atoms with Crippen molar-refractivity contribution in [3.63, 3.8) is 0 Å². The van der Waals surface area contributed by atoms with Crippen LogP contribution in [0.25, 0.3) is 0 Å². The highest BCUT2D eigenvalue weighted by Gasteiger charge is 2.45. The van der Waals surface area contributed by atoms with Gasteiger partial charge in [-0.05, 0) is 19.3 Å². The van der Waals surface area contributed by atoms with E-state index in [4.69, 9.17) is 5.73 Å². The van der Waals surface area contributed by atoms with E-state index in [1.165, 1.54) is 24.3 Å². The van der Waals surface area contributed by atoms with Gasteiger partial charge >= 0.3 is 0 Å².